The van der Waals surface area contributed by atoms with Crippen molar-refractivity contribution in [3.8, 4) is 0 Å². The summed E-state index contributed by atoms with van der Waals surface area (Å²) in [6.07, 6.45) is 4.13. The molecule has 2 aromatic rings. The molecule has 0 saturated heterocycles. The zero-order chi connectivity index (χ0) is 20.5. The molecular weight excluding hydrogens is 336 g/mol. The van der Waals surface area contributed by atoms with Gasteiger partial charge in [0.2, 0.25) is 12.2 Å². The van der Waals surface area contributed by atoms with Crippen LogP contribution in [0.2, 0.25) is 0 Å². The van der Waals surface area contributed by atoms with Gasteiger partial charge < -0.3 is 0 Å². The van der Waals surface area contributed by atoms with Crippen molar-refractivity contribution in [2.75, 3.05) is 0 Å². The number of nitrogens with zero attached hydrogens (tertiary/aromatic N) is 2. The quantitative estimate of drug-likeness (QED) is 0.519. The predicted octanol–water partition coefficient (Wildman–Crippen LogP) is 5.68. The molecule has 140 valence electrons. The zero-order valence-electron chi connectivity index (χ0n) is 17.4. The lowest BCUT2D eigenvalue weighted by atomic mass is 9.84. The van der Waals surface area contributed by atoms with Gasteiger partial charge in [-0.2, -0.15) is 9.98 Å². The minimum Gasteiger partial charge on any atom is -0.211 e. The molecule has 4 nitrogen and oxygen atoms in total. The summed E-state index contributed by atoms with van der Waals surface area (Å²) in [5, 5.41) is 0. The van der Waals surface area contributed by atoms with Gasteiger partial charge in [-0.1, -0.05) is 0 Å². The molecule has 27 heavy (non-hydrogen) atoms. The van der Waals surface area contributed by atoms with Gasteiger partial charge in [-0.25, -0.2) is 9.59 Å². The van der Waals surface area contributed by atoms with E-state index in [0.717, 1.165) is 62.3 Å². The molecule has 4 heteroatoms. The highest BCUT2D eigenvalue weighted by atomic mass is 16.1. The van der Waals surface area contributed by atoms with Gasteiger partial charge in [-0.05, 0) is 117 Å². The van der Waals surface area contributed by atoms with Gasteiger partial charge in [-0.3, -0.25) is 0 Å². The lowest BCUT2D eigenvalue weighted by Crippen LogP contribution is -2.06. The number of carbonyl (C=O) groups excluding carboxylic acids is 2. The topological polar surface area (TPSA) is 58.9 Å². The van der Waals surface area contributed by atoms with E-state index in [1.165, 1.54) is 11.1 Å². The molecule has 0 unspecified atom stereocenters. The fourth-order valence-electron chi connectivity index (χ4n) is 3.87. The summed E-state index contributed by atoms with van der Waals surface area (Å²) in [5.74, 6) is 0. The Bertz CT molecular complexity index is 894. The van der Waals surface area contributed by atoms with E-state index < -0.39 is 0 Å². The van der Waals surface area contributed by atoms with Crippen LogP contribution in [0.4, 0.5) is 11.4 Å². The van der Waals surface area contributed by atoms with Gasteiger partial charge in [0, 0.05) is 0 Å². The number of rotatable bonds is 4. The Hall–Kier alpha value is -2.80. The molecule has 0 saturated carbocycles. The van der Waals surface area contributed by atoms with Crippen LogP contribution in [0.1, 0.15) is 55.6 Å². The molecule has 0 amide bonds. The lowest BCUT2D eigenvalue weighted by molar-refractivity contribution is 0.564. The van der Waals surface area contributed by atoms with Crippen LogP contribution in [0.3, 0.4) is 0 Å². The Kier molecular flexibility index (Phi) is 5.95. The van der Waals surface area contributed by atoms with Crippen molar-refractivity contribution in [2.24, 2.45) is 9.98 Å². The van der Waals surface area contributed by atoms with Gasteiger partial charge in [-0.15, -0.1) is 0 Å². The van der Waals surface area contributed by atoms with Crippen molar-refractivity contribution in [3.05, 3.63) is 55.6 Å². The van der Waals surface area contributed by atoms with Crippen LogP contribution >= 0.6 is 0 Å². The fourth-order valence-corrected chi connectivity index (χ4v) is 3.87. The van der Waals surface area contributed by atoms with E-state index in [-0.39, 0.29) is 0 Å². The highest BCUT2D eigenvalue weighted by Crippen LogP contribution is 2.37. The monoisotopic (exact) mass is 362 g/mol. The third-order valence-electron chi connectivity index (χ3n) is 6.15. The van der Waals surface area contributed by atoms with Gasteiger partial charge in [0.05, 0.1) is 11.4 Å². The Balaban J connectivity index is 2.76. The maximum absolute atomic E-state index is 10.8. The van der Waals surface area contributed by atoms with Gasteiger partial charge in [0.25, 0.3) is 0 Å². The molecule has 0 fully saturated rings. The van der Waals surface area contributed by atoms with Crippen molar-refractivity contribution in [2.45, 2.75) is 61.8 Å². The van der Waals surface area contributed by atoms with Crippen molar-refractivity contribution < 1.29 is 9.59 Å². The molecule has 0 heterocycles. The Labute approximate surface area is 161 Å². The zero-order valence-corrected chi connectivity index (χ0v) is 17.4. The minimum absolute atomic E-state index is 0.722. The van der Waals surface area contributed by atoms with Crippen LogP contribution in [0.5, 0.6) is 0 Å². The first-order chi connectivity index (χ1) is 12.7. The smallest absolute Gasteiger partial charge is 0.211 e. The SMILES string of the molecule is Cc1c(C)c(N=C=O)c(C)c(C)c1Cc1c(C)c(C)c(N=C=O)c(C)c1C. The second-order valence-electron chi connectivity index (χ2n) is 7.24. The van der Waals surface area contributed by atoms with Crippen LogP contribution in [0.25, 0.3) is 0 Å². The molecule has 0 aromatic heterocycles. The van der Waals surface area contributed by atoms with E-state index in [1.807, 2.05) is 27.7 Å². The summed E-state index contributed by atoms with van der Waals surface area (Å²) >= 11 is 0. The second kappa shape index (κ2) is 7.84. The third-order valence-corrected chi connectivity index (χ3v) is 6.15. The van der Waals surface area contributed by atoms with E-state index in [2.05, 4.69) is 37.7 Å². The summed E-state index contributed by atoms with van der Waals surface area (Å²) in [4.78, 5) is 29.4. The predicted molar refractivity (Wildman–Crippen MR) is 109 cm³/mol. The van der Waals surface area contributed by atoms with E-state index in [9.17, 15) is 9.59 Å². The molecular formula is C23H26N2O2. The van der Waals surface area contributed by atoms with Crippen LogP contribution < -0.4 is 0 Å². The molecule has 0 aliphatic heterocycles. The molecule has 0 aliphatic rings. The number of hydrogen-bond acceptors (Lipinski definition) is 4. The van der Waals surface area contributed by atoms with Crippen LogP contribution in [0.15, 0.2) is 9.98 Å². The molecule has 2 aromatic carbocycles. The highest BCUT2D eigenvalue weighted by Gasteiger charge is 2.19. The van der Waals surface area contributed by atoms with Crippen molar-refractivity contribution in [1.29, 1.82) is 0 Å². The fraction of sp³-hybridized carbons (Fsp3) is 0.391. The van der Waals surface area contributed by atoms with Crippen molar-refractivity contribution >= 4 is 23.5 Å². The first-order valence-electron chi connectivity index (χ1n) is 9.01. The lowest BCUT2D eigenvalue weighted by Gasteiger charge is -2.22. The van der Waals surface area contributed by atoms with Gasteiger partial charge in [0.1, 0.15) is 0 Å². The second-order valence-corrected chi connectivity index (χ2v) is 7.24. The highest BCUT2D eigenvalue weighted by molar-refractivity contribution is 5.68. The first kappa shape index (κ1) is 20.5. The summed E-state index contributed by atoms with van der Waals surface area (Å²) < 4.78 is 0. The molecule has 0 aliphatic carbocycles. The van der Waals surface area contributed by atoms with Crippen LogP contribution in [0, 0.1) is 55.4 Å². The van der Waals surface area contributed by atoms with Crippen LogP contribution in [-0.2, 0) is 16.0 Å². The molecule has 0 spiro atoms. The van der Waals surface area contributed by atoms with Crippen molar-refractivity contribution in [1.82, 2.24) is 0 Å². The summed E-state index contributed by atoms with van der Waals surface area (Å²) in [7, 11) is 0. The number of isocyanates is 2. The van der Waals surface area contributed by atoms with E-state index in [1.54, 1.807) is 12.2 Å². The summed E-state index contributed by atoms with van der Waals surface area (Å²) in [6, 6.07) is 0. The number of aliphatic imine (C=N–C) groups is 2. The molecule has 0 radical (unpaired) electrons. The first-order valence-corrected chi connectivity index (χ1v) is 9.01. The summed E-state index contributed by atoms with van der Waals surface area (Å²) in [6.45, 7) is 16.3. The summed E-state index contributed by atoms with van der Waals surface area (Å²) in [5.41, 5.74) is 12.6. The van der Waals surface area contributed by atoms with E-state index >= 15 is 0 Å². The molecule has 0 bridgehead atoms. The normalized spacial score (nSPS) is 10.4. The Morgan fingerprint density at radius 3 is 1.00 bits per heavy atom. The van der Waals surface area contributed by atoms with Gasteiger partial charge in [0.15, 0.2) is 0 Å². The minimum atomic E-state index is 0.722. The maximum Gasteiger partial charge on any atom is 0.240 e. The average Bonchev–Trinajstić information content (AvgIpc) is 2.65. The molecule has 0 atom stereocenters. The van der Waals surface area contributed by atoms with E-state index in [0.29, 0.717) is 0 Å². The Morgan fingerprint density at radius 2 is 0.778 bits per heavy atom. The average molecular weight is 362 g/mol. The third kappa shape index (κ3) is 3.42. The van der Waals surface area contributed by atoms with Crippen LogP contribution in [-0.4, -0.2) is 12.2 Å². The van der Waals surface area contributed by atoms with E-state index in [4.69, 9.17) is 0 Å². The Morgan fingerprint density at radius 1 is 0.519 bits per heavy atom. The maximum atomic E-state index is 10.8. The number of hydrogen-bond donors (Lipinski definition) is 0. The van der Waals surface area contributed by atoms with Gasteiger partial charge >= 0.3 is 0 Å². The standard InChI is InChI=1S/C23H26N2O2/c1-12-16(5)22(24-10-26)17(6)13(2)20(12)9-21-14(3)18(7)23(25-11-27)19(8)15(21)4/h9H2,1-8H3. The van der Waals surface area contributed by atoms with Crippen molar-refractivity contribution in [3.63, 3.8) is 0 Å². The molecule has 0 N–H and O–H groups in total. The molecule has 2 rings (SSSR count). The largest absolute Gasteiger partial charge is 0.240 e. The number of benzene rings is 2.